The van der Waals surface area contributed by atoms with Crippen LogP contribution < -0.4 is 19.6 Å². The molecule has 2 aromatic carbocycles. The second kappa shape index (κ2) is 10.0. The minimum absolute atomic E-state index is 0.352. The maximum atomic E-state index is 12.3. The highest BCUT2D eigenvalue weighted by Gasteiger charge is 2.11. The van der Waals surface area contributed by atoms with Crippen LogP contribution in [0.3, 0.4) is 0 Å². The normalized spacial score (nSPS) is 10.7. The molecule has 0 atom stereocenters. The average Bonchev–Trinajstić information content (AvgIpc) is 2.63. The molecule has 0 fully saturated rings. The number of halogens is 2. The van der Waals surface area contributed by atoms with E-state index in [2.05, 4.69) is 10.5 Å². The summed E-state index contributed by atoms with van der Waals surface area (Å²) in [5, 5.41) is 4.64. The van der Waals surface area contributed by atoms with E-state index in [0.717, 1.165) is 0 Å². The van der Waals surface area contributed by atoms with Crippen LogP contribution in [-0.4, -0.2) is 32.4 Å². The molecule has 0 aliphatic carbocycles. The van der Waals surface area contributed by atoms with Crippen molar-refractivity contribution in [1.82, 2.24) is 5.43 Å². The van der Waals surface area contributed by atoms with Crippen LogP contribution in [-0.2, 0) is 0 Å². The summed E-state index contributed by atoms with van der Waals surface area (Å²) in [6.45, 7) is 4.70. The zero-order valence-electron chi connectivity index (χ0n) is 15.2. The van der Waals surface area contributed by atoms with Gasteiger partial charge in [0.25, 0.3) is 5.91 Å². The number of ether oxygens (including phenoxy) is 3. The first kappa shape index (κ1) is 20.9. The molecule has 0 radical (unpaired) electrons. The summed E-state index contributed by atoms with van der Waals surface area (Å²) in [5.74, 6) is 1.09. The quantitative estimate of drug-likeness (QED) is 0.511. The lowest BCUT2D eigenvalue weighted by atomic mass is 10.2. The molecule has 0 aliphatic rings. The molecule has 8 heteroatoms. The van der Waals surface area contributed by atoms with Crippen molar-refractivity contribution in [3.05, 3.63) is 51.5 Å². The van der Waals surface area contributed by atoms with E-state index in [1.54, 1.807) is 30.3 Å². The monoisotopic (exact) mass is 410 g/mol. The number of carbonyl (C=O) groups is 1. The summed E-state index contributed by atoms with van der Waals surface area (Å²) < 4.78 is 16.1. The predicted molar refractivity (Wildman–Crippen MR) is 107 cm³/mol. The molecular weight excluding hydrogens is 391 g/mol. The van der Waals surface area contributed by atoms with Gasteiger partial charge in [-0.05, 0) is 49.7 Å². The molecule has 0 saturated heterocycles. The van der Waals surface area contributed by atoms with Crippen LogP contribution in [0.25, 0.3) is 0 Å². The van der Waals surface area contributed by atoms with E-state index in [4.69, 9.17) is 37.4 Å². The van der Waals surface area contributed by atoms with Gasteiger partial charge in [0.05, 0.1) is 36.6 Å². The van der Waals surface area contributed by atoms with Gasteiger partial charge in [0.15, 0.2) is 17.2 Å². The molecule has 1 N–H and O–H groups in total. The number of hydrogen-bond acceptors (Lipinski definition) is 5. The largest absolute Gasteiger partial charge is 0.494 e. The molecule has 0 aromatic heterocycles. The summed E-state index contributed by atoms with van der Waals surface area (Å²) in [6, 6.07) is 8.20. The molecule has 27 heavy (non-hydrogen) atoms. The topological polar surface area (TPSA) is 69.2 Å². The third-order valence-corrected chi connectivity index (χ3v) is 3.97. The number of benzene rings is 2. The van der Waals surface area contributed by atoms with Crippen LogP contribution in [0, 0.1) is 0 Å². The molecule has 0 unspecified atom stereocenters. The smallest absolute Gasteiger partial charge is 0.271 e. The van der Waals surface area contributed by atoms with Crippen LogP contribution >= 0.6 is 23.2 Å². The Kier molecular flexibility index (Phi) is 7.76. The van der Waals surface area contributed by atoms with Gasteiger partial charge >= 0.3 is 0 Å². The van der Waals surface area contributed by atoms with Crippen LogP contribution in [0.2, 0.25) is 10.0 Å². The SMILES string of the molecule is CCOc1ccc(C(=O)N/N=C/c2cc(Cl)c(OC)c(Cl)c2)cc1OCC. The van der Waals surface area contributed by atoms with Crippen molar-refractivity contribution in [2.75, 3.05) is 20.3 Å². The van der Waals surface area contributed by atoms with Crippen molar-refractivity contribution >= 4 is 35.3 Å². The number of hydrogen-bond donors (Lipinski definition) is 1. The highest BCUT2D eigenvalue weighted by atomic mass is 35.5. The third-order valence-electron chi connectivity index (χ3n) is 3.41. The Morgan fingerprint density at radius 2 is 1.70 bits per heavy atom. The fraction of sp³-hybridized carbons (Fsp3) is 0.263. The molecule has 2 aromatic rings. The van der Waals surface area contributed by atoms with Gasteiger partial charge < -0.3 is 14.2 Å². The van der Waals surface area contributed by atoms with Gasteiger partial charge in [-0.25, -0.2) is 5.43 Å². The Morgan fingerprint density at radius 3 is 2.30 bits per heavy atom. The van der Waals surface area contributed by atoms with Crippen molar-refractivity contribution in [1.29, 1.82) is 0 Å². The summed E-state index contributed by atoms with van der Waals surface area (Å²) in [5.41, 5.74) is 3.46. The minimum atomic E-state index is -0.388. The summed E-state index contributed by atoms with van der Waals surface area (Å²) in [6.07, 6.45) is 1.44. The van der Waals surface area contributed by atoms with Crippen LogP contribution in [0.15, 0.2) is 35.4 Å². The van der Waals surface area contributed by atoms with Crippen molar-refractivity contribution in [3.63, 3.8) is 0 Å². The number of rotatable bonds is 8. The highest BCUT2D eigenvalue weighted by molar-refractivity contribution is 6.37. The van der Waals surface area contributed by atoms with Gasteiger partial charge in [-0.2, -0.15) is 5.10 Å². The molecule has 0 heterocycles. The number of nitrogens with one attached hydrogen (secondary N) is 1. The maximum Gasteiger partial charge on any atom is 0.271 e. The average molecular weight is 411 g/mol. The standard InChI is InChI=1S/C19H20Cl2N2O4/c1-4-26-16-7-6-13(10-17(16)27-5-2)19(24)23-22-11-12-8-14(20)18(25-3)15(21)9-12/h6-11H,4-5H2,1-3H3,(H,23,24)/b22-11+. The Bertz CT molecular complexity index is 817. The van der Waals surface area contributed by atoms with Crippen molar-refractivity contribution in [2.24, 2.45) is 5.10 Å². The first-order valence-corrected chi connectivity index (χ1v) is 9.01. The zero-order chi connectivity index (χ0) is 19.8. The molecule has 0 spiro atoms. The summed E-state index contributed by atoms with van der Waals surface area (Å²) in [7, 11) is 1.48. The van der Waals surface area contributed by atoms with Crippen molar-refractivity contribution in [3.8, 4) is 17.2 Å². The Hall–Kier alpha value is -2.44. The summed E-state index contributed by atoms with van der Waals surface area (Å²) in [4.78, 5) is 12.3. The summed E-state index contributed by atoms with van der Waals surface area (Å²) >= 11 is 12.2. The van der Waals surface area contributed by atoms with Gasteiger partial charge in [-0.15, -0.1) is 0 Å². The van der Waals surface area contributed by atoms with E-state index in [0.29, 0.717) is 51.6 Å². The molecule has 2 rings (SSSR count). The predicted octanol–water partition coefficient (Wildman–Crippen LogP) is 4.56. The minimum Gasteiger partial charge on any atom is -0.494 e. The molecular formula is C19H20Cl2N2O4. The van der Waals surface area contributed by atoms with Crippen molar-refractivity contribution < 1.29 is 19.0 Å². The highest BCUT2D eigenvalue weighted by Crippen LogP contribution is 2.33. The second-order valence-electron chi connectivity index (χ2n) is 5.24. The lowest BCUT2D eigenvalue weighted by molar-refractivity contribution is 0.0954. The van der Waals surface area contributed by atoms with Gasteiger partial charge in [0.2, 0.25) is 0 Å². The zero-order valence-corrected chi connectivity index (χ0v) is 16.7. The second-order valence-corrected chi connectivity index (χ2v) is 6.06. The van der Waals surface area contributed by atoms with E-state index >= 15 is 0 Å². The molecule has 0 aliphatic heterocycles. The van der Waals surface area contributed by atoms with E-state index in [-0.39, 0.29) is 5.91 Å². The lowest BCUT2D eigenvalue weighted by Crippen LogP contribution is -2.17. The number of hydrazone groups is 1. The fourth-order valence-corrected chi connectivity index (χ4v) is 2.93. The van der Waals surface area contributed by atoms with E-state index < -0.39 is 0 Å². The number of nitrogens with zero attached hydrogens (tertiary/aromatic N) is 1. The maximum absolute atomic E-state index is 12.3. The van der Waals surface area contributed by atoms with Crippen LogP contribution in [0.1, 0.15) is 29.8 Å². The van der Waals surface area contributed by atoms with Gasteiger partial charge in [0, 0.05) is 5.56 Å². The lowest BCUT2D eigenvalue weighted by Gasteiger charge is -2.11. The molecule has 1 amide bonds. The number of methoxy groups -OCH3 is 1. The Balaban J connectivity index is 2.11. The Labute approximate surface area is 168 Å². The molecule has 144 valence electrons. The third kappa shape index (κ3) is 5.52. The van der Waals surface area contributed by atoms with E-state index in [1.807, 2.05) is 13.8 Å². The molecule has 0 bridgehead atoms. The molecule has 0 saturated carbocycles. The van der Waals surface area contributed by atoms with Gasteiger partial charge in [-0.1, -0.05) is 23.2 Å². The number of amides is 1. The van der Waals surface area contributed by atoms with E-state index in [9.17, 15) is 4.79 Å². The number of carbonyl (C=O) groups excluding carboxylic acids is 1. The first-order chi connectivity index (χ1) is 13.0. The van der Waals surface area contributed by atoms with Crippen molar-refractivity contribution in [2.45, 2.75) is 13.8 Å². The Morgan fingerprint density at radius 1 is 1.07 bits per heavy atom. The van der Waals surface area contributed by atoms with Gasteiger partial charge in [-0.3, -0.25) is 4.79 Å². The van der Waals surface area contributed by atoms with Crippen LogP contribution in [0.5, 0.6) is 17.2 Å². The van der Waals surface area contributed by atoms with Crippen LogP contribution in [0.4, 0.5) is 0 Å². The fourth-order valence-electron chi connectivity index (χ4n) is 2.27. The van der Waals surface area contributed by atoms with E-state index in [1.165, 1.54) is 13.3 Å². The first-order valence-electron chi connectivity index (χ1n) is 8.26. The van der Waals surface area contributed by atoms with Gasteiger partial charge in [0.1, 0.15) is 0 Å². The molecule has 6 nitrogen and oxygen atoms in total.